The van der Waals surface area contributed by atoms with E-state index in [1.807, 2.05) is 0 Å². The van der Waals surface area contributed by atoms with E-state index in [0.717, 1.165) is 12.3 Å². The molecule has 2 nitrogen and oxygen atoms in total. The number of hydrogen-bond acceptors (Lipinski definition) is 3. The highest BCUT2D eigenvalue weighted by Crippen LogP contribution is 2.05. The zero-order chi connectivity index (χ0) is 8.27. The molecule has 0 aliphatic carbocycles. The molecule has 1 unspecified atom stereocenters. The summed E-state index contributed by atoms with van der Waals surface area (Å²) >= 11 is 4.23. The van der Waals surface area contributed by atoms with Gasteiger partial charge in [0.15, 0.2) is 0 Å². The van der Waals surface area contributed by atoms with E-state index in [0.29, 0.717) is 6.04 Å². The molecule has 1 rings (SSSR count). The predicted octanol–water partition coefficient (Wildman–Crippen LogP) is 0.552. The molecule has 0 N–H and O–H groups in total. The minimum atomic E-state index is 0.712. The van der Waals surface area contributed by atoms with Crippen LogP contribution >= 0.6 is 12.6 Å². The van der Waals surface area contributed by atoms with Crippen molar-refractivity contribution in [2.45, 2.75) is 13.0 Å². The molecule has 1 aliphatic heterocycles. The molecule has 66 valence electrons. The lowest BCUT2D eigenvalue weighted by atomic mass is 10.2. The van der Waals surface area contributed by atoms with Gasteiger partial charge in [0.1, 0.15) is 0 Å². The molecule has 0 bridgehead atoms. The molecule has 11 heavy (non-hydrogen) atoms. The van der Waals surface area contributed by atoms with Crippen LogP contribution in [0.1, 0.15) is 6.92 Å². The van der Waals surface area contributed by atoms with Crippen molar-refractivity contribution in [3.05, 3.63) is 0 Å². The third kappa shape index (κ3) is 2.65. The summed E-state index contributed by atoms with van der Waals surface area (Å²) in [6.07, 6.45) is 0. The number of thiol groups is 1. The fraction of sp³-hybridized carbons (Fsp3) is 1.00. The molecule has 3 heteroatoms. The minimum Gasteiger partial charge on any atom is -0.301 e. The van der Waals surface area contributed by atoms with E-state index >= 15 is 0 Å². The molecule has 1 fully saturated rings. The normalized spacial score (nSPS) is 29.2. The molecule has 0 aromatic carbocycles. The van der Waals surface area contributed by atoms with Crippen molar-refractivity contribution in [1.82, 2.24) is 9.80 Å². The highest BCUT2D eigenvalue weighted by molar-refractivity contribution is 7.80. The Labute approximate surface area is 75.0 Å². The summed E-state index contributed by atoms with van der Waals surface area (Å²) in [6, 6.07) is 0.712. The Bertz CT molecular complexity index is 119. The number of piperazine rings is 1. The molecule has 1 heterocycles. The summed E-state index contributed by atoms with van der Waals surface area (Å²) in [5.41, 5.74) is 0. The molecule has 0 aromatic heterocycles. The molecule has 1 atom stereocenters. The van der Waals surface area contributed by atoms with Gasteiger partial charge < -0.3 is 4.90 Å². The molecule has 1 aliphatic rings. The molecular formula is C8H18N2S. The molecule has 0 spiro atoms. The molecule has 1 saturated heterocycles. The maximum Gasteiger partial charge on any atom is 0.0192 e. The van der Waals surface area contributed by atoms with Crippen LogP contribution < -0.4 is 0 Å². The quantitative estimate of drug-likeness (QED) is 0.611. The monoisotopic (exact) mass is 174 g/mol. The Balaban J connectivity index is 2.28. The van der Waals surface area contributed by atoms with Gasteiger partial charge in [0.05, 0.1) is 0 Å². The van der Waals surface area contributed by atoms with Crippen molar-refractivity contribution in [1.29, 1.82) is 0 Å². The summed E-state index contributed by atoms with van der Waals surface area (Å²) in [5.74, 6) is 0.983. The van der Waals surface area contributed by atoms with Gasteiger partial charge in [-0.3, -0.25) is 4.90 Å². The lowest BCUT2D eigenvalue weighted by molar-refractivity contribution is 0.110. The van der Waals surface area contributed by atoms with Gasteiger partial charge in [0.25, 0.3) is 0 Å². The van der Waals surface area contributed by atoms with Gasteiger partial charge in [0.2, 0.25) is 0 Å². The summed E-state index contributed by atoms with van der Waals surface area (Å²) in [6.45, 7) is 7.04. The van der Waals surface area contributed by atoms with Crippen LogP contribution in [-0.2, 0) is 0 Å². The van der Waals surface area contributed by atoms with E-state index in [1.165, 1.54) is 19.6 Å². The summed E-state index contributed by atoms with van der Waals surface area (Å²) < 4.78 is 0. The van der Waals surface area contributed by atoms with Gasteiger partial charge in [-0.2, -0.15) is 12.6 Å². The van der Waals surface area contributed by atoms with Crippen LogP contribution in [-0.4, -0.2) is 54.8 Å². The van der Waals surface area contributed by atoms with Crippen molar-refractivity contribution in [3.8, 4) is 0 Å². The van der Waals surface area contributed by atoms with Gasteiger partial charge >= 0.3 is 0 Å². The number of nitrogens with zero attached hydrogens (tertiary/aromatic N) is 2. The summed E-state index contributed by atoms with van der Waals surface area (Å²) in [7, 11) is 2.20. The fourth-order valence-corrected chi connectivity index (χ4v) is 1.75. The van der Waals surface area contributed by atoms with Crippen molar-refractivity contribution >= 4 is 12.6 Å². The highest BCUT2D eigenvalue weighted by Gasteiger charge is 2.19. The largest absolute Gasteiger partial charge is 0.301 e. The second-order valence-corrected chi connectivity index (χ2v) is 3.80. The van der Waals surface area contributed by atoms with E-state index in [-0.39, 0.29) is 0 Å². The molecule has 0 aromatic rings. The predicted molar refractivity (Wildman–Crippen MR) is 52.4 cm³/mol. The Kier molecular flexibility index (Phi) is 3.69. The molecule has 0 saturated carbocycles. The standard InChI is InChI=1S/C8H18N2S/c1-8-7-10(5-6-11)4-3-9(8)2/h8,11H,3-7H2,1-2H3. The maximum atomic E-state index is 4.23. The van der Waals surface area contributed by atoms with Gasteiger partial charge in [-0.05, 0) is 14.0 Å². The average Bonchev–Trinajstić information content (AvgIpc) is 1.98. The zero-order valence-electron chi connectivity index (χ0n) is 7.45. The number of rotatable bonds is 2. The molecule has 0 radical (unpaired) electrons. The highest BCUT2D eigenvalue weighted by atomic mass is 32.1. The van der Waals surface area contributed by atoms with Gasteiger partial charge in [-0.1, -0.05) is 0 Å². The lowest BCUT2D eigenvalue weighted by Crippen LogP contribution is -2.50. The first-order chi connectivity index (χ1) is 5.24. The van der Waals surface area contributed by atoms with E-state index < -0.39 is 0 Å². The van der Waals surface area contributed by atoms with Crippen LogP contribution in [0.2, 0.25) is 0 Å². The van der Waals surface area contributed by atoms with Crippen molar-refractivity contribution in [3.63, 3.8) is 0 Å². The number of hydrogen-bond donors (Lipinski definition) is 1. The lowest BCUT2D eigenvalue weighted by Gasteiger charge is -2.37. The maximum absolute atomic E-state index is 4.23. The smallest absolute Gasteiger partial charge is 0.0192 e. The van der Waals surface area contributed by atoms with Crippen molar-refractivity contribution in [2.24, 2.45) is 0 Å². The second-order valence-electron chi connectivity index (χ2n) is 3.35. The van der Waals surface area contributed by atoms with Crippen molar-refractivity contribution < 1.29 is 0 Å². The first kappa shape index (κ1) is 9.36. The third-order valence-corrected chi connectivity index (χ3v) is 2.66. The number of likely N-dealkylation sites (N-methyl/N-ethyl adjacent to an activating group) is 1. The minimum absolute atomic E-state index is 0.712. The van der Waals surface area contributed by atoms with E-state index in [1.54, 1.807) is 0 Å². The first-order valence-corrected chi connectivity index (χ1v) is 4.90. The van der Waals surface area contributed by atoms with Crippen LogP contribution in [0.4, 0.5) is 0 Å². The average molecular weight is 174 g/mol. The topological polar surface area (TPSA) is 6.48 Å². The Morgan fingerprint density at radius 3 is 2.73 bits per heavy atom. The van der Waals surface area contributed by atoms with Crippen LogP contribution in [0.15, 0.2) is 0 Å². The summed E-state index contributed by atoms with van der Waals surface area (Å²) in [4.78, 5) is 4.90. The summed E-state index contributed by atoms with van der Waals surface area (Å²) in [5, 5.41) is 0. The Morgan fingerprint density at radius 1 is 1.45 bits per heavy atom. The SMILES string of the molecule is CC1CN(CCS)CCN1C. The zero-order valence-corrected chi connectivity index (χ0v) is 8.35. The van der Waals surface area contributed by atoms with E-state index in [4.69, 9.17) is 0 Å². The van der Waals surface area contributed by atoms with Gasteiger partial charge in [-0.15, -0.1) is 0 Å². The first-order valence-electron chi connectivity index (χ1n) is 4.27. The Hall–Kier alpha value is 0.270. The van der Waals surface area contributed by atoms with Crippen LogP contribution in [0, 0.1) is 0 Å². The van der Waals surface area contributed by atoms with Gasteiger partial charge in [0, 0.05) is 38.0 Å². The second kappa shape index (κ2) is 4.33. The third-order valence-electron chi connectivity index (χ3n) is 2.46. The van der Waals surface area contributed by atoms with Crippen LogP contribution in [0.25, 0.3) is 0 Å². The van der Waals surface area contributed by atoms with E-state index in [9.17, 15) is 0 Å². The Morgan fingerprint density at radius 2 is 2.18 bits per heavy atom. The molecule has 0 amide bonds. The van der Waals surface area contributed by atoms with Crippen molar-refractivity contribution in [2.75, 3.05) is 39.0 Å². The van der Waals surface area contributed by atoms with E-state index in [2.05, 4.69) is 36.4 Å². The van der Waals surface area contributed by atoms with Crippen LogP contribution in [0.3, 0.4) is 0 Å². The van der Waals surface area contributed by atoms with Gasteiger partial charge in [-0.25, -0.2) is 0 Å². The fourth-order valence-electron chi connectivity index (χ4n) is 1.47. The van der Waals surface area contributed by atoms with Crippen LogP contribution in [0.5, 0.6) is 0 Å². The molecular weight excluding hydrogens is 156 g/mol.